The van der Waals surface area contributed by atoms with E-state index >= 15 is 0 Å². The molecule has 0 aromatic rings. The molecule has 0 saturated carbocycles. The van der Waals surface area contributed by atoms with Crippen LogP contribution in [0.5, 0.6) is 0 Å². The van der Waals surface area contributed by atoms with Crippen molar-refractivity contribution in [1.82, 2.24) is 10.3 Å². The molecule has 0 bridgehead atoms. The molecule has 17 heavy (non-hydrogen) atoms. The number of nitrogens with one attached hydrogen (secondary N) is 1. The van der Waals surface area contributed by atoms with Crippen molar-refractivity contribution in [3.63, 3.8) is 0 Å². The fraction of sp³-hybridized carbons (Fsp3) is 0.900. The van der Waals surface area contributed by atoms with Crippen LogP contribution in [0.4, 0.5) is 13.2 Å². The lowest BCUT2D eigenvalue weighted by Crippen LogP contribution is -2.39. The monoisotopic (exact) mass is 255 g/mol. The molecule has 102 valence electrons. The highest BCUT2D eigenvalue weighted by molar-refractivity contribution is 5.75. The molecule has 1 amide bonds. The highest BCUT2D eigenvalue weighted by atomic mass is 19.4. The van der Waals surface area contributed by atoms with Crippen LogP contribution in [0.2, 0.25) is 0 Å². The number of alkyl halides is 3. The van der Waals surface area contributed by atoms with Crippen molar-refractivity contribution in [3.8, 4) is 0 Å². The van der Waals surface area contributed by atoms with Crippen LogP contribution in [-0.2, 0) is 4.79 Å². The van der Waals surface area contributed by atoms with Gasteiger partial charge < -0.3 is 0 Å². The molecule has 3 N–H and O–H groups in total. The number of unbranched alkanes of at least 4 members (excludes halogenated alkanes) is 1. The van der Waals surface area contributed by atoms with Gasteiger partial charge in [0.2, 0.25) is 5.91 Å². The van der Waals surface area contributed by atoms with Gasteiger partial charge in [-0.05, 0) is 33.2 Å². The Labute approximate surface area is 99.3 Å². The molecule has 0 spiro atoms. The van der Waals surface area contributed by atoms with Gasteiger partial charge in [0.25, 0.3) is 0 Å². The Morgan fingerprint density at radius 3 is 2.35 bits per heavy atom. The van der Waals surface area contributed by atoms with Crippen LogP contribution in [0.1, 0.15) is 33.1 Å². The Balaban J connectivity index is 3.90. The minimum Gasteiger partial charge on any atom is -0.294 e. The Morgan fingerprint density at radius 1 is 1.35 bits per heavy atom. The highest BCUT2D eigenvalue weighted by Gasteiger charge is 2.31. The van der Waals surface area contributed by atoms with Gasteiger partial charge in [-0.3, -0.25) is 15.1 Å². The summed E-state index contributed by atoms with van der Waals surface area (Å²) in [4.78, 5) is 12.1. The Bertz CT molecular complexity index is 231. The largest absolute Gasteiger partial charge is 0.401 e. The highest BCUT2D eigenvalue weighted by Crippen LogP contribution is 2.18. The molecule has 0 rings (SSSR count). The van der Waals surface area contributed by atoms with E-state index in [2.05, 4.69) is 0 Å². The zero-order chi connectivity index (χ0) is 13.5. The van der Waals surface area contributed by atoms with E-state index in [-0.39, 0.29) is 18.4 Å². The second-order valence-corrected chi connectivity index (χ2v) is 4.20. The maximum Gasteiger partial charge on any atom is 0.401 e. The van der Waals surface area contributed by atoms with Crippen molar-refractivity contribution in [2.24, 2.45) is 5.84 Å². The van der Waals surface area contributed by atoms with E-state index in [9.17, 15) is 18.0 Å². The summed E-state index contributed by atoms with van der Waals surface area (Å²) in [5.74, 6) is 4.59. The summed E-state index contributed by atoms with van der Waals surface area (Å²) in [6, 6.07) is -0.167. The summed E-state index contributed by atoms with van der Waals surface area (Å²) in [7, 11) is 0. The van der Waals surface area contributed by atoms with Crippen LogP contribution in [0.15, 0.2) is 0 Å². The van der Waals surface area contributed by atoms with Crippen LogP contribution in [0.3, 0.4) is 0 Å². The second kappa shape index (κ2) is 7.50. The number of hydrogen-bond acceptors (Lipinski definition) is 3. The zero-order valence-corrected chi connectivity index (χ0v) is 10.2. The average Bonchev–Trinajstić information content (AvgIpc) is 2.20. The number of carbonyl (C=O) groups is 1. The summed E-state index contributed by atoms with van der Waals surface area (Å²) >= 11 is 0. The number of halogens is 3. The Kier molecular flexibility index (Phi) is 7.13. The maximum absolute atomic E-state index is 12.2. The molecule has 0 heterocycles. The van der Waals surface area contributed by atoms with E-state index in [0.29, 0.717) is 19.4 Å². The zero-order valence-electron chi connectivity index (χ0n) is 10.2. The molecule has 7 heteroatoms. The molecule has 0 aliphatic carbocycles. The van der Waals surface area contributed by atoms with Gasteiger partial charge in [0, 0.05) is 12.5 Å². The van der Waals surface area contributed by atoms with Gasteiger partial charge in [0.1, 0.15) is 0 Å². The van der Waals surface area contributed by atoms with Gasteiger partial charge in [-0.15, -0.1) is 0 Å². The summed E-state index contributed by atoms with van der Waals surface area (Å²) in [5, 5.41) is 0. The molecule has 0 atom stereocenters. The van der Waals surface area contributed by atoms with Gasteiger partial charge in [-0.2, -0.15) is 13.2 Å². The fourth-order valence-electron chi connectivity index (χ4n) is 1.42. The first kappa shape index (κ1) is 16.2. The van der Waals surface area contributed by atoms with E-state index in [1.54, 1.807) is 13.8 Å². The van der Waals surface area contributed by atoms with Crippen LogP contribution in [0.25, 0.3) is 0 Å². The third-order valence-electron chi connectivity index (χ3n) is 2.37. The fourth-order valence-corrected chi connectivity index (χ4v) is 1.42. The van der Waals surface area contributed by atoms with Crippen LogP contribution < -0.4 is 11.3 Å². The van der Waals surface area contributed by atoms with Gasteiger partial charge in [-0.1, -0.05) is 0 Å². The van der Waals surface area contributed by atoms with E-state index in [4.69, 9.17) is 5.84 Å². The molecule has 0 unspecified atom stereocenters. The van der Waals surface area contributed by atoms with Crippen LogP contribution in [-0.4, -0.2) is 36.1 Å². The first-order chi connectivity index (χ1) is 7.76. The predicted molar refractivity (Wildman–Crippen MR) is 58.9 cm³/mol. The molecular weight excluding hydrogens is 235 g/mol. The molecule has 0 fully saturated rings. The summed E-state index contributed by atoms with van der Waals surface area (Å²) in [5.41, 5.74) is 1.98. The number of nitrogens with two attached hydrogens (primary N) is 1. The lowest BCUT2D eigenvalue weighted by molar-refractivity contribution is -0.149. The van der Waals surface area contributed by atoms with E-state index in [0.717, 1.165) is 0 Å². The van der Waals surface area contributed by atoms with E-state index in [1.165, 1.54) is 4.90 Å². The Hall–Kier alpha value is -0.820. The Morgan fingerprint density at radius 2 is 1.94 bits per heavy atom. The van der Waals surface area contributed by atoms with Gasteiger partial charge in [0.05, 0.1) is 6.54 Å². The van der Waals surface area contributed by atoms with Gasteiger partial charge in [-0.25, -0.2) is 5.84 Å². The first-order valence-electron chi connectivity index (χ1n) is 5.56. The normalized spacial score (nSPS) is 12.2. The number of amides is 1. The summed E-state index contributed by atoms with van der Waals surface area (Å²) < 4.78 is 36.7. The smallest absolute Gasteiger partial charge is 0.294 e. The number of rotatable bonds is 7. The lowest BCUT2D eigenvalue weighted by atomic mass is 10.2. The summed E-state index contributed by atoms with van der Waals surface area (Å²) in [6.07, 6.45) is -2.86. The van der Waals surface area contributed by atoms with E-state index in [1.807, 2.05) is 5.43 Å². The lowest BCUT2D eigenvalue weighted by Gasteiger charge is -2.27. The van der Waals surface area contributed by atoms with Crippen molar-refractivity contribution in [2.75, 3.05) is 13.1 Å². The third-order valence-corrected chi connectivity index (χ3v) is 2.37. The molecule has 0 aliphatic rings. The second-order valence-electron chi connectivity index (χ2n) is 4.20. The molecule has 0 saturated heterocycles. The van der Waals surface area contributed by atoms with Crippen molar-refractivity contribution in [3.05, 3.63) is 0 Å². The molecule has 0 radical (unpaired) electrons. The predicted octanol–water partition coefficient (Wildman–Crippen LogP) is 1.42. The third kappa shape index (κ3) is 8.93. The van der Waals surface area contributed by atoms with Crippen molar-refractivity contribution < 1.29 is 18.0 Å². The minimum atomic E-state index is -4.18. The number of hydrogen-bond donors (Lipinski definition) is 2. The van der Waals surface area contributed by atoms with Crippen molar-refractivity contribution in [1.29, 1.82) is 0 Å². The number of hydrazine groups is 1. The molecule has 4 nitrogen and oxygen atoms in total. The summed E-state index contributed by atoms with van der Waals surface area (Å²) in [6.45, 7) is 2.86. The van der Waals surface area contributed by atoms with Crippen LogP contribution in [0, 0.1) is 0 Å². The molecule has 0 aliphatic heterocycles. The van der Waals surface area contributed by atoms with E-state index < -0.39 is 12.7 Å². The molecule has 0 aromatic heterocycles. The number of carbonyl (C=O) groups excluding carboxylic acids is 1. The van der Waals surface area contributed by atoms with Crippen molar-refractivity contribution in [2.45, 2.75) is 45.3 Å². The van der Waals surface area contributed by atoms with Crippen LogP contribution >= 0.6 is 0 Å². The van der Waals surface area contributed by atoms with Gasteiger partial charge in [0.15, 0.2) is 0 Å². The average molecular weight is 255 g/mol. The SMILES string of the molecule is CC(C)N(CCCCC(=O)NN)CC(F)(F)F. The van der Waals surface area contributed by atoms with Crippen molar-refractivity contribution >= 4 is 5.91 Å². The molecule has 0 aromatic carbocycles. The standard InChI is InChI=1S/C10H20F3N3O/c1-8(2)16(7-10(11,12)13)6-4-3-5-9(17)15-14/h8H,3-7,14H2,1-2H3,(H,15,17). The minimum absolute atomic E-state index is 0.167. The molecular formula is C10H20F3N3O. The van der Waals surface area contributed by atoms with Gasteiger partial charge >= 0.3 is 6.18 Å². The number of nitrogens with zero attached hydrogens (tertiary/aromatic N) is 1. The maximum atomic E-state index is 12.2. The first-order valence-corrected chi connectivity index (χ1v) is 5.56. The topological polar surface area (TPSA) is 58.4 Å². The quantitative estimate of drug-likeness (QED) is 0.313.